The lowest BCUT2D eigenvalue weighted by molar-refractivity contribution is 0.173. The van der Waals surface area contributed by atoms with E-state index in [1.54, 1.807) is 35.5 Å². The summed E-state index contributed by atoms with van der Waals surface area (Å²) in [5, 5.41) is 0. The lowest BCUT2D eigenvalue weighted by Crippen LogP contribution is -2.17. The van der Waals surface area contributed by atoms with Crippen molar-refractivity contribution in [3.8, 4) is 34.5 Å². The molecule has 0 saturated carbocycles. The summed E-state index contributed by atoms with van der Waals surface area (Å²) in [6.45, 7) is 1.96. The predicted molar refractivity (Wildman–Crippen MR) is 137 cm³/mol. The highest BCUT2D eigenvalue weighted by Crippen LogP contribution is 2.47. The van der Waals surface area contributed by atoms with E-state index in [0.29, 0.717) is 23.0 Å². The Morgan fingerprint density at radius 1 is 0.743 bits per heavy atom. The van der Waals surface area contributed by atoms with E-state index in [0.717, 1.165) is 52.2 Å². The highest BCUT2D eigenvalue weighted by Gasteiger charge is 2.28. The lowest BCUT2D eigenvalue weighted by Gasteiger charge is -2.30. The molecule has 1 aliphatic heterocycles. The van der Waals surface area contributed by atoms with Crippen LogP contribution in [0.25, 0.3) is 12.2 Å². The predicted octanol–water partition coefficient (Wildman–Crippen LogP) is 6.27. The van der Waals surface area contributed by atoms with E-state index in [2.05, 4.69) is 12.1 Å². The van der Waals surface area contributed by atoms with Gasteiger partial charge in [-0.3, -0.25) is 0 Å². The molecule has 0 aromatic heterocycles. The summed E-state index contributed by atoms with van der Waals surface area (Å²) in [5.74, 6) is 4.21. The second kappa shape index (κ2) is 10.6. The maximum Gasteiger partial charge on any atom is 0.138 e. The quantitative estimate of drug-likeness (QED) is 0.357. The molecule has 0 fully saturated rings. The van der Waals surface area contributed by atoms with Crippen LogP contribution in [0.4, 0.5) is 0 Å². The fourth-order valence-corrected chi connectivity index (χ4v) is 4.63. The normalized spacial score (nSPS) is 14.7. The Balaban J connectivity index is 1.85. The van der Waals surface area contributed by atoms with Crippen molar-refractivity contribution in [2.24, 2.45) is 0 Å². The van der Waals surface area contributed by atoms with E-state index in [1.165, 1.54) is 0 Å². The fourth-order valence-electron chi connectivity index (χ4n) is 4.63. The molecule has 0 radical (unpaired) electrons. The van der Waals surface area contributed by atoms with Crippen LogP contribution in [0.2, 0.25) is 0 Å². The van der Waals surface area contributed by atoms with Crippen molar-refractivity contribution < 1.29 is 28.4 Å². The van der Waals surface area contributed by atoms with Crippen molar-refractivity contribution >= 4 is 12.2 Å². The summed E-state index contributed by atoms with van der Waals surface area (Å²) in [6, 6.07) is 14.0. The number of rotatable bonds is 8. The van der Waals surface area contributed by atoms with E-state index in [4.69, 9.17) is 28.4 Å². The largest absolute Gasteiger partial charge is 0.496 e. The Morgan fingerprint density at radius 2 is 1.34 bits per heavy atom. The van der Waals surface area contributed by atoms with E-state index in [1.807, 2.05) is 49.4 Å². The Hall–Kier alpha value is -3.80. The first-order valence-electron chi connectivity index (χ1n) is 11.5. The summed E-state index contributed by atoms with van der Waals surface area (Å²) >= 11 is 0. The van der Waals surface area contributed by atoms with Crippen LogP contribution in [0.3, 0.4) is 0 Å². The summed E-state index contributed by atoms with van der Waals surface area (Å²) < 4.78 is 35.0. The van der Waals surface area contributed by atoms with Crippen molar-refractivity contribution in [1.82, 2.24) is 0 Å². The highest BCUT2D eigenvalue weighted by atomic mass is 16.5. The second-order valence-corrected chi connectivity index (χ2v) is 8.24. The zero-order valence-electron chi connectivity index (χ0n) is 21.1. The number of ether oxygens (including phenoxy) is 6. The van der Waals surface area contributed by atoms with Gasteiger partial charge < -0.3 is 28.4 Å². The van der Waals surface area contributed by atoms with E-state index in [9.17, 15) is 0 Å². The van der Waals surface area contributed by atoms with Gasteiger partial charge in [-0.2, -0.15) is 0 Å². The molecule has 4 rings (SSSR count). The fraction of sp³-hybridized carbons (Fsp3) is 0.310. The molecule has 6 heteroatoms. The molecule has 0 aliphatic carbocycles. The monoisotopic (exact) mass is 476 g/mol. The molecule has 0 amide bonds. The average Bonchev–Trinajstić information content (AvgIpc) is 2.91. The van der Waals surface area contributed by atoms with Crippen molar-refractivity contribution in [2.75, 3.05) is 35.5 Å². The summed E-state index contributed by atoms with van der Waals surface area (Å²) in [4.78, 5) is 0. The molecule has 0 unspecified atom stereocenters. The van der Waals surface area contributed by atoms with Crippen LogP contribution in [0.5, 0.6) is 34.5 Å². The minimum Gasteiger partial charge on any atom is -0.496 e. The number of hydrogen-bond donors (Lipinski definition) is 0. The zero-order valence-corrected chi connectivity index (χ0v) is 21.1. The standard InChI is InChI=1S/C29H32O6/c1-18-24(30-2)16-25(31-3)20(28(18)34-6)12-13-21-26(32-4)17-27(33-5)22-14-15-23(35-29(21)22)19-10-8-7-9-11-19/h7-13,16-17,23H,14-15H2,1-6H3/b13-12+/t23-/m0/s1. The van der Waals surface area contributed by atoms with Crippen LogP contribution in [0.15, 0.2) is 42.5 Å². The molecule has 1 atom stereocenters. The van der Waals surface area contributed by atoms with Crippen molar-refractivity contribution in [1.29, 1.82) is 0 Å². The van der Waals surface area contributed by atoms with Gasteiger partial charge in [0.15, 0.2) is 0 Å². The van der Waals surface area contributed by atoms with Crippen LogP contribution >= 0.6 is 0 Å². The molecule has 184 valence electrons. The molecule has 0 saturated heterocycles. The summed E-state index contributed by atoms with van der Waals surface area (Å²) in [7, 11) is 8.22. The van der Waals surface area contributed by atoms with Crippen LogP contribution < -0.4 is 28.4 Å². The van der Waals surface area contributed by atoms with Crippen LogP contribution in [-0.2, 0) is 6.42 Å². The number of fused-ring (bicyclic) bond motifs is 1. The smallest absolute Gasteiger partial charge is 0.138 e. The second-order valence-electron chi connectivity index (χ2n) is 8.24. The van der Waals surface area contributed by atoms with E-state index in [-0.39, 0.29) is 6.10 Å². The molecule has 1 aliphatic rings. The summed E-state index contributed by atoms with van der Waals surface area (Å²) in [6.07, 6.45) is 5.58. The van der Waals surface area contributed by atoms with Crippen molar-refractivity contribution in [3.05, 3.63) is 70.3 Å². The minimum absolute atomic E-state index is 0.0556. The number of benzene rings is 3. The first kappa shape index (κ1) is 24.3. The van der Waals surface area contributed by atoms with Gasteiger partial charge in [0.2, 0.25) is 0 Å². The van der Waals surface area contributed by atoms with Gasteiger partial charge in [-0.05, 0) is 37.5 Å². The molecule has 6 nitrogen and oxygen atoms in total. The maximum absolute atomic E-state index is 6.60. The molecule has 0 spiro atoms. The Kier molecular flexibility index (Phi) is 7.39. The first-order chi connectivity index (χ1) is 17.1. The van der Waals surface area contributed by atoms with Gasteiger partial charge in [-0.15, -0.1) is 0 Å². The molecular formula is C29H32O6. The third-order valence-corrected chi connectivity index (χ3v) is 6.41. The van der Waals surface area contributed by atoms with Gasteiger partial charge in [0.05, 0.1) is 46.7 Å². The SMILES string of the molecule is COc1cc(OC)c(/C=C/c2c(OC)cc(OC)c3c2O[C@H](c2ccccc2)CC3)c(OC)c1C. The first-order valence-corrected chi connectivity index (χ1v) is 11.5. The molecule has 35 heavy (non-hydrogen) atoms. The third-order valence-electron chi connectivity index (χ3n) is 6.41. The molecule has 0 bridgehead atoms. The molecule has 3 aromatic rings. The van der Waals surface area contributed by atoms with Gasteiger partial charge in [-0.25, -0.2) is 0 Å². The maximum atomic E-state index is 6.60. The number of methoxy groups -OCH3 is 5. The summed E-state index contributed by atoms with van der Waals surface area (Å²) in [5.41, 5.74) is 4.70. The van der Waals surface area contributed by atoms with E-state index < -0.39 is 0 Å². The molecule has 0 N–H and O–H groups in total. The van der Waals surface area contributed by atoms with Gasteiger partial charge in [0.1, 0.15) is 40.6 Å². The highest BCUT2D eigenvalue weighted by molar-refractivity contribution is 5.83. The van der Waals surface area contributed by atoms with Crippen molar-refractivity contribution in [2.45, 2.75) is 25.9 Å². The van der Waals surface area contributed by atoms with Gasteiger partial charge >= 0.3 is 0 Å². The van der Waals surface area contributed by atoms with Gasteiger partial charge in [0.25, 0.3) is 0 Å². The van der Waals surface area contributed by atoms with Crippen molar-refractivity contribution in [3.63, 3.8) is 0 Å². The molecule has 3 aromatic carbocycles. The third kappa shape index (κ3) is 4.61. The molecular weight excluding hydrogens is 444 g/mol. The number of hydrogen-bond acceptors (Lipinski definition) is 6. The lowest BCUT2D eigenvalue weighted by atomic mass is 9.94. The van der Waals surface area contributed by atoms with Crippen LogP contribution in [0.1, 0.15) is 40.3 Å². The van der Waals surface area contributed by atoms with Gasteiger partial charge in [-0.1, -0.05) is 30.3 Å². The Bertz CT molecular complexity index is 1220. The van der Waals surface area contributed by atoms with E-state index >= 15 is 0 Å². The van der Waals surface area contributed by atoms with Crippen LogP contribution in [0, 0.1) is 6.92 Å². The average molecular weight is 477 g/mol. The zero-order chi connectivity index (χ0) is 24.9. The topological polar surface area (TPSA) is 55.4 Å². The van der Waals surface area contributed by atoms with Crippen LogP contribution in [-0.4, -0.2) is 35.5 Å². The minimum atomic E-state index is -0.0556. The van der Waals surface area contributed by atoms with Gasteiger partial charge in [0, 0.05) is 23.3 Å². The Labute approximate surface area is 207 Å². The Morgan fingerprint density at radius 3 is 1.97 bits per heavy atom. The molecule has 1 heterocycles.